The van der Waals surface area contributed by atoms with Crippen molar-refractivity contribution < 1.29 is 41.8 Å². The van der Waals surface area contributed by atoms with Gasteiger partial charge in [-0.15, -0.1) is 0 Å². The van der Waals surface area contributed by atoms with Gasteiger partial charge in [-0.05, 0) is 67.4 Å². The standard InChI is InChI=1S/C34H33F3N2O6/c1-4-26(20-31(40)23-7-11-25(12-8-23)34(35,36)37)38-30(33(41)42)19-22-5-13-28(14-6-22)44-18-17-29-21(2)45-32(39-29)24-9-15-27(43-3)16-10-24/h5-16,20,30,38H,4,17-19H2,1-3H3,(H,41,42)/b26-20-. The highest BCUT2D eigenvalue weighted by Gasteiger charge is 2.30. The van der Waals surface area contributed by atoms with Crippen molar-refractivity contribution >= 4 is 11.8 Å². The molecule has 0 radical (unpaired) electrons. The Bertz CT molecular complexity index is 1630. The van der Waals surface area contributed by atoms with Crippen LogP contribution in [0.15, 0.2) is 89.0 Å². The van der Waals surface area contributed by atoms with Crippen LogP contribution < -0.4 is 14.8 Å². The first-order valence-electron chi connectivity index (χ1n) is 14.2. The van der Waals surface area contributed by atoms with Crippen molar-refractivity contribution in [2.45, 2.75) is 45.3 Å². The first kappa shape index (κ1) is 32.8. The minimum atomic E-state index is -4.51. The molecule has 2 N–H and O–H groups in total. The van der Waals surface area contributed by atoms with Crippen molar-refractivity contribution in [3.8, 4) is 23.0 Å². The van der Waals surface area contributed by atoms with Gasteiger partial charge in [-0.3, -0.25) is 4.79 Å². The number of benzene rings is 3. The van der Waals surface area contributed by atoms with Gasteiger partial charge in [0.25, 0.3) is 0 Å². The molecule has 1 heterocycles. The fourth-order valence-corrected chi connectivity index (χ4v) is 4.47. The van der Waals surface area contributed by atoms with E-state index in [0.717, 1.165) is 46.8 Å². The molecule has 4 aromatic rings. The highest BCUT2D eigenvalue weighted by atomic mass is 19.4. The molecule has 3 aromatic carbocycles. The summed E-state index contributed by atoms with van der Waals surface area (Å²) >= 11 is 0. The number of aryl methyl sites for hydroxylation is 1. The number of aliphatic carboxylic acids is 1. The van der Waals surface area contributed by atoms with Gasteiger partial charge in [0.15, 0.2) is 5.78 Å². The summed E-state index contributed by atoms with van der Waals surface area (Å²) < 4.78 is 55.4. The van der Waals surface area contributed by atoms with Crippen molar-refractivity contribution in [2.24, 2.45) is 0 Å². The molecule has 0 aliphatic heterocycles. The summed E-state index contributed by atoms with van der Waals surface area (Å²) in [7, 11) is 1.60. The van der Waals surface area contributed by atoms with Crippen LogP contribution in [0.3, 0.4) is 0 Å². The number of aromatic nitrogens is 1. The maximum absolute atomic E-state index is 12.8. The van der Waals surface area contributed by atoms with Crippen LogP contribution >= 0.6 is 0 Å². The Balaban J connectivity index is 1.32. The van der Waals surface area contributed by atoms with Crippen LogP contribution in [0.5, 0.6) is 11.5 Å². The Morgan fingerprint density at radius 2 is 1.64 bits per heavy atom. The van der Waals surface area contributed by atoms with Gasteiger partial charge in [0.2, 0.25) is 5.89 Å². The molecule has 45 heavy (non-hydrogen) atoms. The number of halogens is 3. The second-order valence-electron chi connectivity index (χ2n) is 10.2. The van der Waals surface area contributed by atoms with Gasteiger partial charge in [-0.25, -0.2) is 9.78 Å². The van der Waals surface area contributed by atoms with Gasteiger partial charge in [0.05, 0.1) is 25.0 Å². The summed E-state index contributed by atoms with van der Waals surface area (Å²) in [6.45, 7) is 3.94. The Labute approximate surface area is 258 Å². The lowest BCUT2D eigenvalue weighted by Crippen LogP contribution is -2.38. The quantitative estimate of drug-likeness (QED) is 0.114. The zero-order valence-electron chi connectivity index (χ0n) is 25.0. The summed E-state index contributed by atoms with van der Waals surface area (Å²) in [6.07, 6.45) is -2.34. The maximum Gasteiger partial charge on any atom is 0.416 e. The molecule has 0 bridgehead atoms. The third kappa shape index (κ3) is 8.98. The van der Waals surface area contributed by atoms with E-state index < -0.39 is 29.5 Å². The summed E-state index contributed by atoms with van der Waals surface area (Å²) in [6, 6.07) is 17.3. The van der Waals surface area contributed by atoms with Crippen molar-refractivity contribution in [3.63, 3.8) is 0 Å². The number of ketones is 1. The molecule has 1 aromatic heterocycles. The van der Waals surface area contributed by atoms with Crippen molar-refractivity contribution in [1.29, 1.82) is 0 Å². The van der Waals surface area contributed by atoms with Gasteiger partial charge >= 0.3 is 12.1 Å². The van der Waals surface area contributed by atoms with E-state index in [1.807, 2.05) is 31.2 Å². The molecular weight excluding hydrogens is 589 g/mol. The maximum atomic E-state index is 12.8. The van der Waals surface area contributed by atoms with Gasteiger partial charge in [-0.2, -0.15) is 13.2 Å². The second kappa shape index (κ2) is 14.6. The van der Waals surface area contributed by atoms with E-state index in [0.29, 0.717) is 42.5 Å². The average molecular weight is 623 g/mol. The zero-order valence-corrected chi connectivity index (χ0v) is 25.0. The first-order chi connectivity index (χ1) is 21.5. The number of oxazole rings is 1. The smallest absolute Gasteiger partial charge is 0.416 e. The molecule has 1 atom stereocenters. The summed E-state index contributed by atoms with van der Waals surface area (Å²) in [4.78, 5) is 29.2. The molecule has 4 rings (SSSR count). The minimum Gasteiger partial charge on any atom is -0.497 e. The van der Waals surface area contributed by atoms with Crippen LogP contribution in [0.1, 0.15) is 46.3 Å². The van der Waals surface area contributed by atoms with Crippen LogP contribution in [0.2, 0.25) is 0 Å². The van der Waals surface area contributed by atoms with Gasteiger partial charge in [-0.1, -0.05) is 31.2 Å². The van der Waals surface area contributed by atoms with Gasteiger partial charge in [0.1, 0.15) is 23.3 Å². The van der Waals surface area contributed by atoms with E-state index in [2.05, 4.69) is 10.3 Å². The zero-order chi connectivity index (χ0) is 32.6. The highest BCUT2D eigenvalue weighted by molar-refractivity contribution is 6.04. The van der Waals surface area contributed by atoms with Crippen LogP contribution in [0.25, 0.3) is 11.5 Å². The normalized spacial score (nSPS) is 12.4. The lowest BCUT2D eigenvalue weighted by Gasteiger charge is -2.18. The minimum absolute atomic E-state index is 0.0644. The van der Waals surface area contributed by atoms with Crippen LogP contribution in [-0.4, -0.2) is 41.6 Å². The Kier molecular flexibility index (Phi) is 10.7. The second-order valence-corrected chi connectivity index (χ2v) is 10.2. The lowest BCUT2D eigenvalue weighted by molar-refractivity contribution is -0.139. The Morgan fingerprint density at radius 3 is 2.22 bits per heavy atom. The Hall–Kier alpha value is -5.06. The van der Waals surface area contributed by atoms with E-state index in [4.69, 9.17) is 13.9 Å². The number of carbonyl (C=O) groups is 2. The van der Waals surface area contributed by atoms with E-state index in [1.165, 1.54) is 6.08 Å². The highest BCUT2D eigenvalue weighted by Crippen LogP contribution is 2.29. The molecule has 0 aliphatic rings. The van der Waals surface area contributed by atoms with Crippen molar-refractivity contribution in [1.82, 2.24) is 10.3 Å². The molecule has 0 spiro atoms. The number of methoxy groups -OCH3 is 1. The molecule has 0 aliphatic carbocycles. The topological polar surface area (TPSA) is 111 Å². The number of alkyl halides is 3. The molecule has 236 valence electrons. The lowest BCUT2D eigenvalue weighted by atomic mass is 10.0. The summed E-state index contributed by atoms with van der Waals surface area (Å²) in [5.74, 6) is 0.913. The molecule has 0 fully saturated rings. The molecule has 0 saturated carbocycles. The van der Waals surface area contributed by atoms with Crippen LogP contribution in [0.4, 0.5) is 13.2 Å². The number of hydrogen-bond acceptors (Lipinski definition) is 7. The molecule has 0 saturated heterocycles. The monoisotopic (exact) mass is 622 g/mol. The predicted octanol–water partition coefficient (Wildman–Crippen LogP) is 7.06. The molecule has 11 heteroatoms. The van der Waals surface area contributed by atoms with Crippen molar-refractivity contribution in [2.75, 3.05) is 13.7 Å². The number of hydrogen-bond donors (Lipinski definition) is 2. The summed E-state index contributed by atoms with van der Waals surface area (Å²) in [5.41, 5.74) is 1.90. The Morgan fingerprint density at radius 1 is 1.00 bits per heavy atom. The fraction of sp³-hybridized carbons (Fsp3) is 0.265. The van der Waals surface area contributed by atoms with Crippen molar-refractivity contribution in [3.05, 3.63) is 113 Å². The predicted molar refractivity (Wildman–Crippen MR) is 161 cm³/mol. The van der Waals surface area contributed by atoms with E-state index in [-0.39, 0.29) is 12.0 Å². The van der Waals surface area contributed by atoms with E-state index >= 15 is 0 Å². The number of carboxylic acids is 1. The number of nitrogens with zero attached hydrogens (tertiary/aromatic N) is 1. The SMILES string of the molecule is CC/C(=C/C(=O)c1ccc(C(F)(F)F)cc1)NC(Cc1ccc(OCCc2nc(-c3ccc(OC)cc3)oc2C)cc1)C(=O)O. The van der Waals surface area contributed by atoms with Gasteiger partial charge < -0.3 is 24.3 Å². The number of carbonyl (C=O) groups excluding carboxylic acids is 1. The molecular formula is C34H33F3N2O6. The fourth-order valence-electron chi connectivity index (χ4n) is 4.47. The molecule has 1 unspecified atom stereocenters. The number of nitrogens with one attached hydrogen (secondary N) is 1. The largest absolute Gasteiger partial charge is 0.497 e. The van der Waals surface area contributed by atoms with E-state index in [1.54, 1.807) is 38.3 Å². The van der Waals surface area contributed by atoms with Crippen LogP contribution in [-0.2, 0) is 23.8 Å². The summed E-state index contributed by atoms with van der Waals surface area (Å²) in [5, 5.41) is 12.7. The molecule has 0 amide bonds. The van der Waals surface area contributed by atoms with Gasteiger partial charge in [0, 0.05) is 35.7 Å². The molecule has 8 nitrogen and oxygen atoms in total. The number of ether oxygens (including phenoxy) is 2. The van der Waals surface area contributed by atoms with Crippen LogP contribution in [0, 0.1) is 6.92 Å². The number of rotatable bonds is 14. The first-order valence-corrected chi connectivity index (χ1v) is 14.2. The van der Waals surface area contributed by atoms with E-state index in [9.17, 15) is 27.9 Å². The average Bonchev–Trinajstić information content (AvgIpc) is 3.40. The number of carboxylic acid groups (broad SMARTS) is 1. The third-order valence-corrected chi connectivity index (χ3v) is 7.04. The third-order valence-electron chi connectivity index (χ3n) is 7.04. The number of allylic oxidation sites excluding steroid dienone is 2.